The van der Waals surface area contributed by atoms with Crippen molar-refractivity contribution in [1.82, 2.24) is 4.90 Å². The molecular formula is C18H19ClFNO3S. The Balaban J connectivity index is 2.13. The molecule has 1 aliphatic heterocycles. The van der Waals surface area contributed by atoms with Crippen LogP contribution in [0.1, 0.15) is 35.7 Å². The monoisotopic (exact) mass is 383 g/mol. The van der Waals surface area contributed by atoms with E-state index in [4.69, 9.17) is 16.3 Å². The molecule has 2 aromatic rings. The summed E-state index contributed by atoms with van der Waals surface area (Å²) in [6.45, 7) is 0.622. The van der Waals surface area contributed by atoms with Gasteiger partial charge in [0.25, 0.3) is 0 Å². The number of thiophene rings is 1. The number of halogens is 2. The fraction of sp³-hybridized carbons (Fsp3) is 0.389. The largest absolute Gasteiger partial charge is 0.496 e. The maximum atomic E-state index is 14.0. The second-order valence-electron chi connectivity index (χ2n) is 6.02. The molecule has 0 bridgehead atoms. The predicted molar refractivity (Wildman–Crippen MR) is 96.1 cm³/mol. The van der Waals surface area contributed by atoms with Gasteiger partial charge in [-0.15, -0.1) is 11.3 Å². The van der Waals surface area contributed by atoms with Crippen molar-refractivity contribution < 1.29 is 19.0 Å². The van der Waals surface area contributed by atoms with Gasteiger partial charge in [0.15, 0.2) is 0 Å². The molecule has 0 saturated carbocycles. The minimum absolute atomic E-state index is 0.382. The molecule has 2 atom stereocenters. The SMILES string of the molecule is COc1ccc(F)cc1C(c1ccc(Cl)s1)N1CCCCC1C(=O)O. The molecule has 134 valence electrons. The van der Waals surface area contributed by atoms with Crippen molar-refractivity contribution in [3.05, 3.63) is 50.9 Å². The summed E-state index contributed by atoms with van der Waals surface area (Å²) in [5.74, 6) is -0.708. The summed E-state index contributed by atoms with van der Waals surface area (Å²) in [6.07, 6.45) is 2.34. The predicted octanol–water partition coefficient (Wildman–Crippen LogP) is 4.58. The van der Waals surface area contributed by atoms with E-state index in [2.05, 4.69) is 0 Å². The highest BCUT2D eigenvalue weighted by atomic mass is 35.5. The number of likely N-dealkylation sites (tertiary alicyclic amines) is 1. The molecular weight excluding hydrogens is 365 g/mol. The van der Waals surface area contributed by atoms with Crippen LogP contribution in [0.3, 0.4) is 0 Å². The topological polar surface area (TPSA) is 49.8 Å². The van der Waals surface area contributed by atoms with E-state index in [0.717, 1.165) is 17.7 Å². The van der Waals surface area contributed by atoms with E-state index >= 15 is 0 Å². The lowest BCUT2D eigenvalue weighted by Gasteiger charge is -2.39. The molecule has 0 amide bonds. The van der Waals surface area contributed by atoms with Crippen LogP contribution in [-0.2, 0) is 4.79 Å². The van der Waals surface area contributed by atoms with Gasteiger partial charge in [0.05, 0.1) is 17.5 Å². The number of rotatable bonds is 5. The van der Waals surface area contributed by atoms with Gasteiger partial charge in [-0.2, -0.15) is 0 Å². The number of carboxylic acid groups (broad SMARTS) is 1. The van der Waals surface area contributed by atoms with Crippen molar-refractivity contribution in [2.24, 2.45) is 0 Å². The lowest BCUT2D eigenvalue weighted by molar-refractivity contribution is -0.145. The van der Waals surface area contributed by atoms with Gasteiger partial charge in [-0.25, -0.2) is 4.39 Å². The first-order valence-corrected chi connectivity index (χ1v) is 9.28. The number of hydrogen-bond donors (Lipinski definition) is 1. The van der Waals surface area contributed by atoms with E-state index in [-0.39, 0.29) is 5.82 Å². The standard InChI is InChI=1S/C18H19ClFNO3S/c1-24-14-6-5-11(20)10-12(14)17(15-7-8-16(19)25-15)21-9-3-2-4-13(21)18(22)23/h5-8,10,13,17H,2-4,9H2,1H3,(H,22,23). The molecule has 1 aromatic heterocycles. The smallest absolute Gasteiger partial charge is 0.320 e. The maximum Gasteiger partial charge on any atom is 0.320 e. The van der Waals surface area contributed by atoms with Crippen molar-refractivity contribution in [1.29, 1.82) is 0 Å². The van der Waals surface area contributed by atoms with Crippen LogP contribution in [0, 0.1) is 5.82 Å². The molecule has 1 saturated heterocycles. The number of piperidine rings is 1. The molecule has 7 heteroatoms. The quantitative estimate of drug-likeness (QED) is 0.821. The van der Waals surface area contributed by atoms with Crippen LogP contribution in [0.25, 0.3) is 0 Å². The van der Waals surface area contributed by atoms with Gasteiger partial charge in [-0.05, 0) is 49.7 Å². The van der Waals surface area contributed by atoms with Crippen molar-refractivity contribution in [2.75, 3.05) is 13.7 Å². The van der Waals surface area contributed by atoms with E-state index in [1.807, 2.05) is 11.0 Å². The summed E-state index contributed by atoms with van der Waals surface area (Å²) in [5, 5.41) is 9.67. The zero-order valence-electron chi connectivity index (χ0n) is 13.7. The molecule has 1 aliphatic rings. The van der Waals surface area contributed by atoms with Crippen LogP contribution in [0.4, 0.5) is 4.39 Å². The van der Waals surface area contributed by atoms with Crippen molar-refractivity contribution in [3.63, 3.8) is 0 Å². The molecule has 3 rings (SSSR count). The van der Waals surface area contributed by atoms with Crippen molar-refractivity contribution >= 4 is 28.9 Å². The maximum absolute atomic E-state index is 14.0. The van der Waals surface area contributed by atoms with Crippen molar-refractivity contribution in [2.45, 2.75) is 31.3 Å². The fourth-order valence-electron chi connectivity index (χ4n) is 3.42. The molecule has 25 heavy (non-hydrogen) atoms. The fourth-order valence-corrected chi connectivity index (χ4v) is 4.62. The van der Waals surface area contributed by atoms with Crippen LogP contribution in [0.2, 0.25) is 4.34 Å². The Morgan fingerprint density at radius 2 is 2.20 bits per heavy atom. The molecule has 1 N–H and O–H groups in total. The molecule has 1 fully saturated rings. The Morgan fingerprint density at radius 3 is 2.84 bits per heavy atom. The minimum atomic E-state index is -0.859. The normalized spacial score (nSPS) is 19.6. The van der Waals surface area contributed by atoms with Gasteiger partial charge in [0.2, 0.25) is 0 Å². The number of aliphatic carboxylic acids is 1. The lowest BCUT2D eigenvalue weighted by Crippen LogP contribution is -2.46. The van der Waals surface area contributed by atoms with Crippen molar-refractivity contribution in [3.8, 4) is 5.75 Å². The summed E-state index contributed by atoms with van der Waals surface area (Å²) in [7, 11) is 1.53. The number of benzene rings is 1. The highest BCUT2D eigenvalue weighted by Gasteiger charge is 2.37. The van der Waals surface area contributed by atoms with Crippen LogP contribution in [0.15, 0.2) is 30.3 Å². The summed E-state index contributed by atoms with van der Waals surface area (Å²) in [4.78, 5) is 14.6. The molecule has 0 aliphatic carbocycles. The average molecular weight is 384 g/mol. The van der Waals surface area contributed by atoms with Gasteiger partial charge in [-0.1, -0.05) is 18.0 Å². The first kappa shape index (κ1) is 18.2. The Hall–Kier alpha value is -1.63. The second-order valence-corrected chi connectivity index (χ2v) is 7.76. The Morgan fingerprint density at radius 1 is 1.40 bits per heavy atom. The minimum Gasteiger partial charge on any atom is -0.496 e. The average Bonchev–Trinajstić information content (AvgIpc) is 3.02. The first-order chi connectivity index (χ1) is 12.0. The third kappa shape index (κ3) is 3.81. The van der Waals surface area contributed by atoms with E-state index in [1.54, 1.807) is 12.1 Å². The molecule has 0 spiro atoms. The lowest BCUT2D eigenvalue weighted by atomic mass is 9.94. The zero-order chi connectivity index (χ0) is 18.0. The van der Waals surface area contributed by atoms with Gasteiger partial charge in [0.1, 0.15) is 17.6 Å². The summed E-state index contributed by atoms with van der Waals surface area (Å²) >= 11 is 7.49. The number of methoxy groups -OCH3 is 1. The number of ether oxygens (including phenoxy) is 1. The van der Waals surface area contributed by atoms with Crippen LogP contribution >= 0.6 is 22.9 Å². The van der Waals surface area contributed by atoms with Crippen LogP contribution < -0.4 is 4.74 Å². The third-order valence-electron chi connectivity index (χ3n) is 4.51. The van der Waals surface area contributed by atoms with Gasteiger partial charge in [-0.3, -0.25) is 9.69 Å². The van der Waals surface area contributed by atoms with E-state index < -0.39 is 18.1 Å². The molecule has 2 heterocycles. The van der Waals surface area contributed by atoms with Gasteiger partial charge >= 0.3 is 5.97 Å². The Kier molecular flexibility index (Phi) is 5.61. The molecule has 1 aromatic carbocycles. The van der Waals surface area contributed by atoms with E-state index in [9.17, 15) is 14.3 Å². The number of hydrogen-bond acceptors (Lipinski definition) is 4. The third-order valence-corrected chi connectivity index (χ3v) is 5.79. The highest BCUT2D eigenvalue weighted by Crippen LogP contribution is 2.42. The number of carbonyl (C=O) groups is 1. The summed E-state index contributed by atoms with van der Waals surface area (Å²) in [5.41, 5.74) is 0.620. The first-order valence-electron chi connectivity index (χ1n) is 8.08. The van der Waals surface area contributed by atoms with Crippen LogP contribution in [-0.4, -0.2) is 35.7 Å². The molecule has 4 nitrogen and oxygen atoms in total. The summed E-state index contributed by atoms with van der Waals surface area (Å²) < 4.78 is 20.0. The highest BCUT2D eigenvalue weighted by molar-refractivity contribution is 7.16. The second kappa shape index (κ2) is 7.72. The van der Waals surface area contributed by atoms with E-state index in [0.29, 0.717) is 28.6 Å². The van der Waals surface area contributed by atoms with Gasteiger partial charge in [0, 0.05) is 10.4 Å². The molecule has 2 unspecified atom stereocenters. The van der Waals surface area contributed by atoms with Gasteiger partial charge < -0.3 is 9.84 Å². The molecule has 0 radical (unpaired) electrons. The van der Waals surface area contributed by atoms with Crippen LogP contribution in [0.5, 0.6) is 5.75 Å². The Labute approximate surface area is 154 Å². The Bertz CT molecular complexity index is 767. The number of nitrogens with zero attached hydrogens (tertiary/aromatic N) is 1. The van der Waals surface area contributed by atoms with E-state index in [1.165, 1.54) is 30.6 Å². The summed E-state index contributed by atoms with van der Waals surface area (Å²) in [6, 6.07) is 6.95. The number of carboxylic acids is 1. The zero-order valence-corrected chi connectivity index (χ0v) is 15.3.